The molecule has 10 nitrogen and oxygen atoms in total. The van der Waals surface area contributed by atoms with E-state index in [4.69, 9.17) is 37.6 Å². The first-order valence-corrected chi connectivity index (χ1v) is 22.2. The second-order valence-corrected chi connectivity index (χ2v) is 21.9. The molecule has 0 aromatic heterocycles. The molecule has 11 heteroatoms. The lowest BCUT2D eigenvalue weighted by Gasteiger charge is -2.46. The zero-order valence-corrected chi connectivity index (χ0v) is 37.9. The highest BCUT2D eigenvalue weighted by molar-refractivity contribution is 6.99. The number of rotatable bonds is 18. The fraction of sp³-hybridized carbons (Fsp3) is 0.553. The van der Waals surface area contributed by atoms with Crippen LogP contribution in [0.4, 0.5) is 0 Å². The number of carbonyl (C=O) groups is 1. The Balaban J connectivity index is 1.64. The highest BCUT2D eigenvalue weighted by atomic mass is 28.4. The molecule has 58 heavy (non-hydrogen) atoms. The minimum atomic E-state index is -2.75. The molecule has 3 aromatic rings. The Morgan fingerprint density at radius 1 is 0.828 bits per heavy atom. The van der Waals surface area contributed by atoms with Crippen molar-refractivity contribution in [2.75, 3.05) is 41.3 Å². The van der Waals surface area contributed by atoms with Crippen LogP contribution in [0.2, 0.25) is 5.04 Å². The number of benzene rings is 3. The number of carbonyl (C=O) groups excluding carboxylic acids is 1. The van der Waals surface area contributed by atoms with Gasteiger partial charge in [-0.3, -0.25) is 4.79 Å². The topological polar surface area (TPSA) is 111 Å². The zero-order valence-electron chi connectivity index (χ0n) is 36.9. The lowest BCUT2D eigenvalue weighted by Crippen LogP contribution is -2.66. The van der Waals surface area contributed by atoms with Crippen molar-refractivity contribution < 1.29 is 47.5 Å². The van der Waals surface area contributed by atoms with Gasteiger partial charge in [0, 0.05) is 31.1 Å². The second-order valence-electron chi connectivity index (χ2n) is 17.6. The van der Waals surface area contributed by atoms with E-state index in [-0.39, 0.29) is 42.2 Å². The molecule has 1 aliphatic heterocycles. The molecule has 1 saturated heterocycles. The molecule has 1 N–H and O–H groups in total. The maximum Gasteiger partial charge on any atom is 0.311 e. The van der Waals surface area contributed by atoms with Gasteiger partial charge >= 0.3 is 5.97 Å². The summed E-state index contributed by atoms with van der Waals surface area (Å²) in [6.45, 7) is 20.7. The summed E-state index contributed by atoms with van der Waals surface area (Å²) in [5.41, 5.74) is 0.807. The van der Waals surface area contributed by atoms with Crippen LogP contribution in [0.1, 0.15) is 81.1 Å². The van der Waals surface area contributed by atoms with Gasteiger partial charge in [-0.15, -0.1) is 0 Å². The van der Waals surface area contributed by atoms with E-state index in [0.717, 1.165) is 5.57 Å². The number of esters is 1. The molecule has 0 radical (unpaired) electrons. The summed E-state index contributed by atoms with van der Waals surface area (Å²) >= 11 is 0. The van der Waals surface area contributed by atoms with Gasteiger partial charge in [0.25, 0.3) is 8.32 Å². The van der Waals surface area contributed by atoms with Gasteiger partial charge in [-0.2, -0.15) is 0 Å². The minimum Gasteiger partial charge on any atom is -0.493 e. The zero-order chi connectivity index (χ0) is 42.8. The van der Waals surface area contributed by atoms with Crippen LogP contribution in [0.15, 0.2) is 90.5 Å². The molecule has 0 bridgehead atoms. The first-order chi connectivity index (χ1) is 27.4. The lowest BCUT2D eigenvalue weighted by molar-refractivity contribution is -0.309. The molecular weight excluding hydrogens is 753 g/mol. The fourth-order valence-electron chi connectivity index (χ4n) is 7.91. The summed E-state index contributed by atoms with van der Waals surface area (Å²) in [4.78, 5) is 12.9. The van der Waals surface area contributed by atoms with E-state index >= 15 is 0 Å². The normalized spacial score (nSPS) is 21.4. The van der Waals surface area contributed by atoms with Crippen molar-refractivity contribution in [3.05, 3.63) is 96.1 Å². The molecule has 8 atom stereocenters. The average molecular weight is 821 g/mol. The van der Waals surface area contributed by atoms with Crippen LogP contribution in [0.3, 0.4) is 0 Å². The number of aliphatic hydroxyl groups excluding tert-OH is 1. The summed E-state index contributed by atoms with van der Waals surface area (Å²) in [6.07, 6.45) is -1.43. The van der Waals surface area contributed by atoms with E-state index in [1.54, 1.807) is 41.1 Å². The van der Waals surface area contributed by atoms with E-state index in [2.05, 4.69) is 82.3 Å². The lowest BCUT2D eigenvalue weighted by atomic mass is 9.81. The number of ether oxygens (including phenoxy) is 7. The van der Waals surface area contributed by atoms with Gasteiger partial charge in [0.05, 0.1) is 37.9 Å². The summed E-state index contributed by atoms with van der Waals surface area (Å²) in [6, 6.07) is 26.7. The Morgan fingerprint density at radius 2 is 1.40 bits per heavy atom. The third kappa shape index (κ3) is 11.2. The van der Waals surface area contributed by atoms with Crippen molar-refractivity contribution in [3.63, 3.8) is 0 Å². The van der Waals surface area contributed by atoms with Gasteiger partial charge in [-0.25, -0.2) is 0 Å². The van der Waals surface area contributed by atoms with E-state index in [1.165, 1.54) is 17.5 Å². The van der Waals surface area contributed by atoms with Crippen molar-refractivity contribution in [1.29, 1.82) is 0 Å². The van der Waals surface area contributed by atoms with Crippen LogP contribution in [0.25, 0.3) is 0 Å². The fourth-order valence-corrected chi connectivity index (χ4v) is 12.6. The number of hydrogen-bond acceptors (Lipinski definition) is 10. The summed E-state index contributed by atoms with van der Waals surface area (Å²) in [7, 11) is 1.94. The average Bonchev–Trinajstić information content (AvgIpc) is 3.20. The van der Waals surface area contributed by atoms with Crippen molar-refractivity contribution in [2.24, 2.45) is 23.2 Å². The maximum absolute atomic E-state index is 12.9. The van der Waals surface area contributed by atoms with Crippen LogP contribution in [0.5, 0.6) is 11.5 Å². The number of methoxy groups -OCH3 is 3. The molecular formula is C47H68O10Si. The highest BCUT2D eigenvalue weighted by Crippen LogP contribution is 2.42. The van der Waals surface area contributed by atoms with E-state index in [9.17, 15) is 9.90 Å². The molecule has 0 amide bonds. The Labute approximate surface area is 348 Å². The van der Waals surface area contributed by atoms with Gasteiger partial charge < -0.3 is 42.7 Å². The number of hydrogen-bond donors (Lipinski definition) is 1. The SMILES string of the molecule is COCO[C@@H](COC(=O)C(C)(C)C)[C@H]1O[C@@H](c2ccc(OC)c(OC)c2)O[C@@H]([C@H](C)[C@@H](O)/C(C)=C/[C@H](C)CO[Si](c2ccccc2)(c2ccccc2)C(C)(C)C)[C@H]1C. The Bertz CT molecular complexity index is 1710. The van der Waals surface area contributed by atoms with Crippen molar-refractivity contribution in [1.82, 2.24) is 0 Å². The second kappa shape index (κ2) is 20.6. The summed E-state index contributed by atoms with van der Waals surface area (Å²) in [5.74, 6) is 0.0324. The first-order valence-electron chi connectivity index (χ1n) is 20.3. The molecule has 0 saturated carbocycles. The Morgan fingerprint density at radius 3 is 1.91 bits per heavy atom. The van der Waals surface area contributed by atoms with Crippen LogP contribution in [-0.4, -0.2) is 85.1 Å². The predicted octanol–water partition coefficient (Wildman–Crippen LogP) is 7.86. The smallest absolute Gasteiger partial charge is 0.311 e. The quantitative estimate of drug-likeness (QED) is 0.0590. The van der Waals surface area contributed by atoms with Crippen LogP contribution in [0, 0.1) is 23.2 Å². The van der Waals surface area contributed by atoms with Gasteiger partial charge in [0.15, 0.2) is 17.8 Å². The molecule has 0 unspecified atom stereocenters. The number of aliphatic hydroxyl groups is 1. The maximum atomic E-state index is 12.9. The Kier molecular flexibility index (Phi) is 16.8. The predicted molar refractivity (Wildman–Crippen MR) is 230 cm³/mol. The van der Waals surface area contributed by atoms with E-state index in [1.807, 2.05) is 45.0 Å². The van der Waals surface area contributed by atoms with Gasteiger partial charge in [0.1, 0.15) is 19.5 Å². The molecule has 3 aromatic carbocycles. The molecule has 1 fully saturated rings. The molecule has 1 heterocycles. The summed E-state index contributed by atoms with van der Waals surface area (Å²) < 4.78 is 49.0. The molecule has 0 spiro atoms. The highest BCUT2D eigenvalue weighted by Gasteiger charge is 2.50. The van der Waals surface area contributed by atoms with Crippen LogP contribution >= 0.6 is 0 Å². The van der Waals surface area contributed by atoms with Crippen LogP contribution in [-0.2, 0) is 32.9 Å². The third-order valence-corrected chi connectivity index (χ3v) is 16.0. The van der Waals surface area contributed by atoms with Crippen LogP contribution < -0.4 is 19.8 Å². The minimum absolute atomic E-state index is 0.00637. The molecule has 0 aliphatic carbocycles. The Hall–Kier alpha value is -3.55. The van der Waals surface area contributed by atoms with Crippen molar-refractivity contribution >= 4 is 24.7 Å². The van der Waals surface area contributed by atoms with Gasteiger partial charge in [-0.1, -0.05) is 114 Å². The molecule has 4 rings (SSSR count). The third-order valence-electron chi connectivity index (χ3n) is 11.0. The van der Waals surface area contributed by atoms with Gasteiger partial charge in [0.2, 0.25) is 0 Å². The molecule has 320 valence electrons. The summed E-state index contributed by atoms with van der Waals surface area (Å²) in [5, 5.41) is 14.4. The standard InChI is InChI=1S/C47H68O10Si/c1-31(28-55-58(47(8,9)10,36-20-16-14-17-21-36)37-22-18-15-19-23-37)26-32(2)41(48)33(3)42-34(4)43(40(54-30-50-11)29-53-45(49)46(5,6)7)57-44(56-42)35-24-25-38(51-12)39(27-35)52-13/h14-27,31,33-34,40-44,48H,28-30H2,1-13H3/b32-26+/t31-,33+,34+,40-,41-,42-,43-,44-/m0/s1. The molecule has 1 aliphatic rings. The van der Waals surface area contributed by atoms with Gasteiger partial charge in [-0.05, 0) is 66.7 Å². The first kappa shape index (κ1) is 47.1. The van der Waals surface area contributed by atoms with Crippen molar-refractivity contribution in [3.8, 4) is 11.5 Å². The van der Waals surface area contributed by atoms with E-state index < -0.39 is 44.4 Å². The van der Waals surface area contributed by atoms with E-state index in [0.29, 0.717) is 23.7 Å². The van der Waals surface area contributed by atoms with Crippen molar-refractivity contribution in [2.45, 2.75) is 105 Å². The largest absolute Gasteiger partial charge is 0.493 e. The monoisotopic (exact) mass is 820 g/mol.